The van der Waals surface area contributed by atoms with Crippen molar-refractivity contribution in [3.63, 3.8) is 0 Å². The monoisotopic (exact) mass is 323 g/mol. The molecular formula is C15H18ClN3OS. The first kappa shape index (κ1) is 14.6. The van der Waals surface area contributed by atoms with E-state index in [0.29, 0.717) is 5.02 Å². The Hall–Kier alpha value is -1.33. The summed E-state index contributed by atoms with van der Waals surface area (Å²) in [5.41, 5.74) is 0.825. The molecule has 0 radical (unpaired) electrons. The van der Waals surface area contributed by atoms with Gasteiger partial charge >= 0.3 is 0 Å². The van der Waals surface area contributed by atoms with Crippen LogP contribution in [0.15, 0.2) is 23.7 Å². The minimum absolute atomic E-state index is 0.0178. The van der Waals surface area contributed by atoms with Crippen molar-refractivity contribution >= 4 is 28.8 Å². The van der Waals surface area contributed by atoms with Crippen LogP contribution in [0.5, 0.6) is 0 Å². The van der Waals surface area contributed by atoms with E-state index in [0.717, 1.165) is 42.8 Å². The summed E-state index contributed by atoms with van der Waals surface area (Å²) in [4.78, 5) is 15.5. The SMILES string of the molecule is Cn1cc(Cl)c(C2CCCCCN2C(=O)c2cccs2)n1. The van der Waals surface area contributed by atoms with Crippen molar-refractivity contribution in [1.82, 2.24) is 14.7 Å². The maximum absolute atomic E-state index is 12.8. The highest BCUT2D eigenvalue weighted by molar-refractivity contribution is 7.12. The average molecular weight is 324 g/mol. The molecule has 0 bridgehead atoms. The molecule has 0 aromatic carbocycles. The van der Waals surface area contributed by atoms with Gasteiger partial charge < -0.3 is 4.90 Å². The Labute approximate surface area is 133 Å². The van der Waals surface area contributed by atoms with Crippen molar-refractivity contribution in [3.8, 4) is 0 Å². The second-order valence-electron chi connectivity index (χ2n) is 5.38. The van der Waals surface area contributed by atoms with Gasteiger partial charge in [0.25, 0.3) is 5.91 Å². The van der Waals surface area contributed by atoms with E-state index in [-0.39, 0.29) is 11.9 Å². The molecule has 1 fully saturated rings. The molecule has 3 rings (SSSR count). The van der Waals surface area contributed by atoms with Crippen molar-refractivity contribution in [3.05, 3.63) is 39.3 Å². The fourth-order valence-electron chi connectivity index (χ4n) is 2.88. The summed E-state index contributed by atoms with van der Waals surface area (Å²) in [5.74, 6) is 0.0959. The summed E-state index contributed by atoms with van der Waals surface area (Å²) in [6.07, 6.45) is 6.02. The topological polar surface area (TPSA) is 38.1 Å². The Morgan fingerprint density at radius 1 is 1.43 bits per heavy atom. The van der Waals surface area contributed by atoms with Gasteiger partial charge in [-0.05, 0) is 24.3 Å². The van der Waals surface area contributed by atoms with E-state index in [9.17, 15) is 4.79 Å². The van der Waals surface area contributed by atoms with Crippen LogP contribution in [0.3, 0.4) is 0 Å². The van der Waals surface area contributed by atoms with Gasteiger partial charge in [-0.3, -0.25) is 9.48 Å². The maximum atomic E-state index is 12.8. The summed E-state index contributed by atoms with van der Waals surface area (Å²) in [6.45, 7) is 0.772. The summed E-state index contributed by atoms with van der Waals surface area (Å²) >= 11 is 7.80. The van der Waals surface area contributed by atoms with E-state index in [1.54, 1.807) is 10.9 Å². The van der Waals surface area contributed by atoms with Crippen LogP contribution in [0.25, 0.3) is 0 Å². The number of aryl methyl sites for hydroxylation is 1. The van der Waals surface area contributed by atoms with Gasteiger partial charge in [0, 0.05) is 19.8 Å². The van der Waals surface area contributed by atoms with Crippen LogP contribution < -0.4 is 0 Å². The average Bonchev–Trinajstić information content (AvgIpc) is 3.02. The number of likely N-dealkylation sites (tertiary alicyclic amines) is 1. The van der Waals surface area contributed by atoms with Crippen LogP contribution in [-0.2, 0) is 7.05 Å². The number of carbonyl (C=O) groups is 1. The van der Waals surface area contributed by atoms with Crippen LogP contribution in [-0.4, -0.2) is 27.1 Å². The number of aromatic nitrogens is 2. The Balaban J connectivity index is 1.94. The van der Waals surface area contributed by atoms with E-state index in [4.69, 9.17) is 11.6 Å². The molecule has 1 aliphatic rings. The van der Waals surface area contributed by atoms with Crippen molar-refractivity contribution in [2.45, 2.75) is 31.7 Å². The van der Waals surface area contributed by atoms with Crippen LogP contribution in [0.4, 0.5) is 0 Å². The van der Waals surface area contributed by atoms with Gasteiger partial charge in [-0.2, -0.15) is 5.10 Å². The summed E-state index contributed by atoms with van der Waals surface area (Å²) < 4.78 is 1.72. The molecule has 0 aliphatic carbocycles. The van der Waals surface area contributed by atoms with Crippen LogP contribution >= 0.6 is 22.9 Å². The maximum Gasteiger partial charge on any atom is 0.264 e. The Morgan fingerprint density at radius 2 is 2.29 bits per heavy atom. The number of nitrogens with zero attached hydrogens (tertiary/aromatic N) is 3. The molecule has 4 nitrogen and oxygen atoms in total. The molecular weight excluding hydrogens is 306 g/mol. The molecule has 6 heteroatoms. The summed E-state index contributed by atoms with van der Waals surface area (Å²) in [7, 11) is 1.86. The zero-order valence-corrected chi connectivity index (χ0v) is 13.5. The Kier molecular flexibility index (Phi) is 4.31. The fraction of sp³-hybridized carbons (Fsp3) is 0.467. The second-order valence-corrected chi connectivity index (χ2v) is 6.73. The first-order valence-electron chi connectivity index (χ1n) is 7.20. The normalized spacial score (nSPS) is 19.5. The highest BCUT2D eigenvalue weighted by atomic mass is 35.5. The lowest BCUT2D eigenvalue weighted by atomic mass is 10.1. The largest absolute Gasteiger partial charge is 0.329 e. The number of hydrogen-bond acceptors (Lipinski definition) is 3. The first-order valence-corrected chi connectivity index (χ1v) is 8.46. The molecule has 1 unspecified atom stereocenters. The van der Waals surface area contributed by atoms with Gasteiger partial charge in [0.05, 0.1) is 15.9 Å². The lowest BCUT2D eigenvalue weighted by Gasteiger charge is -2.28. The highest BCUT2D eigenvalue weighted by Gasteiger charge is 2.31. The molecule has 1 amide bonds. The molecule has 0 spiro atoms. The van der Waals surface area contributed by atoms with Crippen molar-refractivity contribution in [2.75, 3.05) is 6.54 Å². The molecule has 0 saturated carbocycles. The third-order valence-electron chi connectivity index (χ3n) is 3.87. The lowest BCUT2D eigenvalue weighted by molar-refractivity contribution is 0.0681. The molecule has 1 atom stereocenters. The van der Waals surface area contributed by atoms with E-state index in [1.165, 1.54) is 11.3 Å². The molecule has 1 aliphatic heterocycles. The van der Waals surface area contributed by atoms with Crippen LogP contribution in [0, 0.1) is 0 Å². The fourth-order valence-corrected chi connectivity index (χ4v) is 3.86. The predicted molar refractivity (Wildman–Crippen MR) is 84.8 cm³/mol. The quantitative estimate of drug-likeness (QED) is 0.841. The Morgan fingerprint density at radius 3 is 2.95 bits per heavy atom. The smallest absolute Gasteiger partial charge is 0.264 e. The summed E-state index contributed by atoms with van der Waals surface area (Å²) in [5, 5.41) is 7.07. The van der Waals surface area contributed by atoms with Gasteiger partial charge in [-0.15, -0.1) is 11.3 Å². The number of amides is 1. The second kappa shape index (κ2) is 6.20. The minimum atomic E-state index is -0.0178. The number of rotatable bonds is 2. The summed E-state index contributed by atoms with van der Waals surface area (Å²) in [6, 6.07) is 3.78. The van der Waals surface area contributed by atoms with Crippen molar-refractivity contribution < 1.29 is 4.79 Å². The lowest BCUT2D eigenvalue weighted by Crippen LogP contribution is -2.34. The third kappa shape index (κ3) is 2.99. The van der Waals surface area contributed by atoms with E-state index in [1.807, 2.05) is 29.5 Å². The van der Waals surface area contributed by atoms with E-state index < -0.39 is 0 Å². The van der Waals surface area contributed by atoms with Crippen LogP contribution in [0.1, 0.15) is 47.1 Å². The molecule has 2 aromatic heterocycles. The zero-order chi connectivity index (χ0) is 14.8. The van der Waals surface area contributed by atoms with Crippen LogP contribution in [0.2, 0.25) is 5.02 Å². The number of carbonyl (C=O) groups excluding carboxylic acids is 1. The standard InChI is InChI=1S/C15H18ClN3OS/c1-18-10-11(16)14(17-18)12-6-3-2-4-8-19(12)15(20)13-7-5-9-21-13/h5,7,9-10,12H,2-4,6,8H2,1H3. The molecule has 1 saturated heterocycles. The van der Waals surface area contributed by atoms with E-state index >= 15 is 0 Å². The number of thiophene rings is 1. The molecule has 21 heavy (non-hydrogen) atoms. The molecule has 0 N–H and O–H groups in total. The van der Waals surface area contributed by atoms with Gasteiger partial charge in [-0.25, -0.2) is 0 Å². The van der Waals surface area contributed by atoms with E-state index in [2.05, 4.69) is 5.10 Å². The van der Waals surface area contributed by atoms with Crippen molar-refractivity contribution in [2.24, 2.45) is 7.05 Å². The van der Waals surface area contributed by atoms with Gasteiger partial charge in [0.2, 0.25) is 0 Å². The number of halogens is 1. The highest BCUT2D eigenvalue weighted by Crippen LogP contribution is 2.34. The zero-order valence-electron chi connectivity index (χ0n) is 12.0. The number of hydrogen-bond donors (Lipinski definition) is 0. The van der Waals surface area contributed by atoms with Crippen molar-refractivity contribution in [1.29, 1.82) is 0 Å². The third-order valence-corrected chi connectivity index (χ3v) is 5.02. The molecule has 3 heterocycles. The first-order chi connectivity index (χ1) is 10.2. The molecule has 2 aromatic rings. The van der Waals surface area contributed by atoms with Gasteiger partial charge in [0.1, 0.15) is 5.69 Å². The minimum Gasteiger partial charge on any atom is -0.329 e. The van der Waals surface area contributed by atoms with Gasteiger partial charge in [0.15, 0.2) is 0 Å². The van der Waals surface area contributed by atoms with Gasteiger partial charge in [-0.1, -0.05) is 30.5 Å². The molecule has 112 valence electrons. The Bertz CT molecular complexity index is 623. The predicted octanol–water partition coefficient (Wildman–Crippen LogP) is 3.89.